The third-order valence-electron chi connectivity index (χ3n) is 4.32. The first kappa shape index (κ1) is 19.6. The molecular formula is C19H13Cl2F3O3. The summed E-state index contributed by atoms with van der Waals surface area (Å²) in [6.07, 6.45) is -3.82. The van der Waals surface area contributed by atoms with Crippen molar-refractivity contribution in [1.29, 1.82) is 0 Å². The zero-order valence-electron chi connectivity index (χ0n) is 13.9. The molecule has 1 heterocycles. The van der Waals surface area contributed by atoms with E-state index < -0.39 is 24.2 Å². The molecule has 2 aromatic rings. The number of aliphatic carboxylic acids is 1. The molecule has 0 amide bonds. The number of hydrogen-bond donors (Lipinski definition) is 1. The van der Waals surface area contributed by atoms with Gasteiger partial charge in [0.05, 0.1) is 0 Å². The molecule has 1 aliphatic rings. The average molecular weight is 417 g/mol. The number of carboxylic acids is 1. The summed E-state index contributed by atoms with van der Waals surface area (Å²) >= 11 is 11.8. The van der Waals surface area contributed by atoms with Crippen molar-refractivity contribution in [3.05, 3.63) is 68.7 Å². The van der Waals surface area contributed by atoms with Crippen molar-refractivity contribution in [2.45, 2.75) is 25.1 Å². The summed E-state index contributed by atoms with van der Waals surface area (Å²) in [5.41, 5.74) is -1.96. The molecule has 0 bridgehead atoms. The molecule has 3 rings (SSSR count). The van der Waals surface area contributed by atoms with Crippen molar-refractivity contribution in [2.24, 2.45) is 0 Å². The largest absolute Gasteiger partial charge is 0.478 e. The van der Waals surface area contributed by atoms with E-state index in [2.05, 4.69) is 0 Å². The monoisotopic (exact) mass is 416 g/mol. The van der Waals surface area contributed by atoms with Crippen molar-refractivity contribution < 1.29 is 27.8 Å². The average Bonchev–Trinajstić information content (AvgIpc) is 2.93. The lowest BCUT2D eigenvalue weighted by Gasteiger charge is -2.31. The van der Waals surface area contributed by atoms with Gasteiger partial charge in [-0.2, -0.15) is 13.2 Å². The fourth-order valence-corrected chi connectivity index (χ4v) is 3.53. The topological polar surface area (TPSA) is 46.5 Å². The molecule has 0 saturated heterocycles. The standard InChI is InChI=1S/C19H13Cl2F3O3/c1-10(17(25)26)4-11-2-3-16-12(5-11)9-18(27-16,19(22,23)24)13-6-14(20)8-15(21)7-13/h2-8H,9H2,1H3,(H,25,26)/b10-4+. The third kappa shape index (κ3) is 3.64. The predicted molar refractivity (Wildman–Crippen MR) is 96.3 cm³/mol. The predicted octanol–water partition coefficient (Wildman–Crippen LogP) is 5.87. The van der Waals surface area contributed by atoms with Gasteiger partial charge in [-0.3, -0.25) is 0 Å². The molecular weight excluding hydrogens is 404 g/mol. The lowest BCUT2D eigenvalue weighted by Crippen LogP contribution is -2.46. The van der Waals surface area contributed by atoms with E-state index >= 15 is 0 Å². The van der Waals surface area contributed by atoms with Crippen LogP contribution in [0.4, 0.5) is 13.2 Å². The van der Waals surface area contributed by atoms with E-state index in [4.69, 9.17) is 33.0 Å². The van der Waals surface area contributed by atoms with Crippen LogP contribution in [0.25, 0.3) is 6.08 Å². The Hall–Kier alpha value is -2.18. The molecule has 0 radical (unpaired) electrons. The Balaban J connectivity index is 2.08. The Morgan fingerprint density at radius 2 is 1.81 bits per heavy atom. The summed E-state index contributed by atoms with van der Waals surface area (Å²) in [5, 5.41) is 9.10. The molecule has 0 fully saturated rings. The first-order chi connectivity index (χ1) is 12.5. The number of hydrogen-bond acceptors (Lipinski definition) is 2. The van der Waals surface area contributed by atoms with Gasteiger partial charge in [0.1, 0.15) is 5.75 Å². The second-order valence-electron chi connectivity index (χ2n) is 6.26. The number of carbonyl (C=O) groups is 1. The van der Waals surface area contributed by atoms with Crippen molar-refractivity contribution in [1.82, 2.24) is 0 Å². The zero-order valence-corrected chi connectivity index (χ0v) is 15.4. The fourth-order valence-electron chi connectivity index (χ4n) is 3.00. The number of ether oxygens (including phenoxy) is 1. The van der Waals surface area contributed by atoms with Crippen LogP contribution in [0.1, 0.15) is 23.6 Å². The highest BCUT2D eigenvalue weighted by molar-refractivity contribution is 6.34. The normalized spacial score (nSPS) is 19.6. The molecule has 1 unspecified atom stereocenters. The van der Waals surface area contributed by atoms with Crippen LogP contribution < -0.4 is 4.74 Å². The highest BCUT2D eigenvalue weighted by Gasteiger charge is 2.61. The Kier molecular flexibility index (Phi) is 4.91. The summed E-state index contributed by atoms with van der Waals surface area (Å²) in [6, 6.07) is 8.10. The van der Waals surface area contributed by atoms with E-state index in [0.717, 1.165) is 0 Å². The van der Waals surface area contributed by atoms with Crippen molar-refractivity contribution in [2.75, 3.05) is 0 Å². The molecule has 1 N–H and O–H groups in total. The first-order valence-corrected chi connectivity index (χ1v) is 8.54. The minimum absolute atomic E-state index is 0.0672. The van der Waals surface area contributed by atoms with Crippen LogP contribution in [0.15, 0.2) is 42.0 Å². The van der Waals surface area contributed by atoms with Crippen molar-refractivity contribution in [3.8, 4) is 5.75 Å². The number of rotatable bonds is 3. The Morgan fingerprint density at radius 3 is 2.37 bits per heavy atom. The van der Waals surface area contributed by atoms with Crippen LogP contribution >= 0.6 is 23.2 Å². The highest BCUT2D eigenvalue weighted by atomic mass is 35.5. The molecule has 8 heteroatoms. The van der Waals surface area contributed by atoms with Crippen LogP contribution in [-0.4, -0.2) is 17.3 Å². The number of benzene rings is 2. The SMILES string of the molecule is C/C(=C\c1ccc2c(c1)CC(c1cc(Cl)cc(Cl)c1)(C(F)(F)F)O2)C(=O)O. The number of alkyl halides is 3. The molecule has 0 aromatic heterocycles. The number of halogens is 5. The minimum atomic E-state index is -4.73. The number of fused-ring (bicyclic) bond motifs is 1. The Morgan fingerprint density at radius 1 is 1.19 bits per heavy atom. The van der Waals surface area contributed by atoms with E-state index in [9.17, 15) is 18.0 Å². The Bertz CT molecular complexity index is 933. The van der Waals surface area contributed by atoms with Gasteiger partial charge in [-0.25, -0.2) is 4.79 Å². The molecule has 3 nitrogen and oxygen atoms in total. The molecule has 0 spiro atoms. The van der Waals surface area contributed by atoms with Crippen LogP contribution in [0.2, 0.25) is 10.0 Å². The second-order valence-corrected chi connectivity index (χ2v) is 7.13. The maximum Gasteiger partial charge on any atom is 0.432 e. The second kappa shape index (κ2) is 6.77. The first-order valence-electron chi connectivity index (χ1n) is 7.79. The number of carboxylic acid groups (broad SMARTS) is 1. The lowest BCUT2D eigenvalue weighted by atomic mass is 9.88. The molecule has 1 atom stereocenters. The molecule has 27 heavy (non-hydrogen) atoms. The molecule has 142 valence electrons. The van der Waals surface area contributed by atoms with Gasteiger partial charge in [-0.05, 0) is 54.5 Å². The van der Waals surface area contributed by atoms with Gasteiger partial charge < -0.3 is 9.84 Å². The smallest absolute Gasteiger partial charge is 0.432 e. The maximum atomic E-state index is 14.0. The molecule has 0 saturated carbocycles. The van der Waals surface area contributed by atoms with Crippen molar-refractivity contribution >= 4 is 35.2 Å². The van der Waals surface area contributed by atoms with Crippen LogP contribution in [0, 0.1) is 0 Å². The maximum absolute atomic E-state index is 14.0. The summed E-state index contributed by atoms with van der Waals surface area (Å²) < 4.78 is 47.5. The van der Waals surface area contributed by atoms with E-state index in [1.54, 1.807) is 0 Å². The quantitative estimate of drug-likeness (QED) is 0.635. The van der Waals surface area contributed by atoms with Gasteiger partial charge in [0.2, 0.25) is 5.60 Å². The molecule has 2 aromatic carbocycles. The highest BCUT2D eigenvalue weighted by Crippen LogP contribution is 2.51. The van der Waals surface area contributed by atoms with Crippen LogP contribution in [0.5, 0.6) is 5.75 Å². The van der Waals surface area contributed by atoms with E-state index in [-0.39, 0.29) is 26.9 Å². The van der Waals surface area contributed by atoms with Crippen LogP contribution in [-0.2, 0) is 16.8 Å². The van der Waals surface area contributed by atoms with Gasteiger partial charge >= 0.3 is 12.1 Å². The minimum Gasteiger partial charge on any atom is -0.478 e. The van der Waals surface area contributed by atoms with Crippen LogP contribution in [0.3, 0.4) is 0 Å². The van der Waals surface area contributed by atoms with Gasteiger partial charge in [-0.15, -0.1) is 0 Å². The molecule has 0 aliphatic carbocycles. The van der Waals surface area contributed by atoms with E-state index in [1.807, 2.05) is 0 Å². The van der Waals surface area contributed by atoms with Gasteiger partial charge in [0.25, 0.3) is 0 Å². The van der Waals surface area contributed by atoms with Gasteiger partial charge in [0, 0.05) is 27.6 Å². The lowest BCUT2D eigenvalue weighted by molar-refractivity contribution is -0.248. The molecule has 1 aliphatic heterocycles. The van der Waals surface area contributed by atoms with Gasteiger partial charge in [-0.1, -0.05) is 29.3 Å². The van der Waals surface area contributed by atoms with Crippen molar-refractivity contribution in [3.63, 3.8) is 0 Å². The third-order valence-corrected chi connectivity index (χ3v) is 4.75. The Labute approximate surface area is 163 Å². The summed E-state index contributed by atoms with van der Waals surface area (Å²) in [6.45, 7) is 1.40. The zero-order chi connectivity index (χ0) is 20.0. The summed E-state index contributed by atoms with van der Waals surface area (Å²) in [4.78, 5) is 11.0. The summed E-state index contributed by atoms with van der Waals surface area (Å²) in [7, 11) is 0. The van der Waals surface area contributed by atoms with Gasteiger partial charge in [0.15, 0.2) is 0 Å². The summed E-state index contributed by atoms with van der Waals surface area (Å²) in [5.74, 6) is -1.03. The van der Waals surface area contributed by atoms with E-state index in [1.165, 1.54) is 49.4 Å². The fraction of sp³-hybridized carbons (Fsp3) is 0.211. The van der Waals surface area contributed by atoms with E-state index in [0.29, 0.717) is 11.1 Å².